The van der Waals surface area contributed by atoms with E-state index < -0.39 is 0 Å². The summed E-state index contributed by atoms with van der Waals surface area (Å²) in [5.74, 6) is 5.67. The Morgan fingerprint density at radius 1 is 1.05 bits per heavy atom. The molecule has 0 bridgehead atoms. The summed E-state index contributed by atoms with van der Waals surface area (Å²) in [4.78, 5) is 0. The van der Waals surface area contributed by atoms with Crippen LogP contribution in [0.25, 0.3) is 0 Å². The molecule has 0 aliphatic rings. The number of hydrogen-bond acceptors (Lipinski definition) is 2. The second-order valence-corrected chi connectivity index (χ2v) is 4.35. The predicted molar refractivity (Wildman–Crippen MR) is 81.9 cm³/mol. The maximum Gasteiger partial charge on any atom is 0.157 e. The molecule has 0 aliphatic heterocycles. The van der Waals surface area contributed by atoms with Gasteiger partial charge in [-0.05, 0) is 31.4 Å². The predicted octanol–water partition coefficient (Wildman–Crippen LogP) is 4.47. The van der Waals surface area contributed by atoms with E-state index in [1.807, 2.05) is 6.08 Å². The summed E-state index contributed by atoms with van der Waals surface area (Å²) >= 11 is 0. The number of allylic oxidation sites excluding steroid dienone is 3. The summed E-state index contributed by atoms with van der Waals surface area (Å²) in [5.41, 5.74) is 0. The van der Waals surface area contributed by atoms with Crippen LogP contribution in [-0.4, -0.2) is 19.5 Å². The second-order valence-electron chi connectivity index (χ2n) is 4.35. The molecule has 0 aromatic rings. The summed E-state index contributed by atoms with van der Waals surface area (Å²) in [6.45, 7) is 9.44. The third-order valence-corrected chi connectivity index (χ3v) is 2.56. The van der Waals surface area contributed by atoms with Crippen LogP contribution in [-0.2, 0) is 9.47 Å². The van der Waals surface area contributed by atoms with Gasteiger partial charge in [0.15, 0.2) is 6.29 Å². The molecule has 2 nitrogen and oxygen atoms in total. The van der Waals surface area contributed by atoms with Crippen LogP contribution in [0.5, 0.6) is 0 Å². The molecular formula is C17H28O2. The van der Waals surface area contributed by atoms with E-state index in [-0.39, 0.29) is 6.29 Å². The van der Waals surface area contributed by atoms with E-state index in [1.165, 1.54) is 0 Å². The Labute approximate surface area is 118 Å². The third kappa shape index (κ3) is 13.2. The molecule has 0 radical (unpaired) electrons. The van der Waals surface area contributed by atoms with E-state index in [2.05, 4.69) is 38.3 Å². The molecule has 0 rings (SSSR count). The van der Waals surface area contributed by atoms with Crippen LogP contribution >= 0.6 is 0 Å². The van der Waals surface area contributed by atoms with Crippen LogP contribution < -0.4 is 0 Å². The van der Waals surface area contributed by atoms with E-state index in [0.717, 1.165) is 51.7 Å². The van der Waals surface area contributed by atoms with Gasteiger partial charge in [0, 0.05) is 19.6 Å². The standard InChI is InChI=1S/C17H28O2/c1-4-7-10-11-12-13-14-17(18-15-8-5-2)19-16-9-6-3/h4,11-12,17H,1,5-6,8-9,13-16H2,2-3H3/b12-11-. The molecule has 0 saturated carbocycles. The highest BCUT2D eigenvalue weighted by atomic mass is 16.7. The summed E-state index contributed by atoms with van der Waals surface area (Å²) in [6, 6.07) is 0. The maximum absolute atomic E-state index is 5.75. The average molecular weight is 264 g/mol. The quantitative estimate of drug-likeness (QED) is 0.311. The van der Waals surface area contributed by atoms with Crippen LogP contribution in [0.15, 0.2) is 24.8 Å². The first-order valence-corrected chi connectivity index (χ1v) is 7.35. The first-order valence-electron chi connectivity index (χ1n) is 7.35. The van der Waals surface area contributed by atoms with Crippen molar-refractivity contribution >= 4 is 0 Å². The van der Waals surface area contributed by atoms with Crippen LogP contribution in [0.4, 0.5) is 0 Å². The molecule has 19 heavy (non-hydrogen) atoms. The Kier molecular flexibility index (Phi) is 14.2. The van der Waals surface area contributed by atoms with Gasteiger partial charge in [0.2, 0.25) is 0 Å². The zero-order valence-electron chi connectivity index (χ0n) is 12.5. The van der Waals surface area contributed by atoms with Crippen molar-refractivity contribution in [1.29, 1.82) is 0 Å². The highest BCUT2D eigenvalue weighted by molar-refractivity contribution is 5.21. The number of ether oxygens (including phenoxy) is 2. The zero-order valence-corrected chi connectivity index (χ0v) is 12.5. The van der Waals surface area contributed by atoms with Gasteiger partial charge in [0.1, 0.15) is 0 Å². The zero-order chi connectivity index (χ0) is 14.2. The van der Waals surface area contributed by atoms with Gasteiger partial charge in [0.05, 0.1) is 0 Å². The van der Waals surface area contributed by atoms with Crippen molar-refractivity contribution in [3.63, 3.8) is 0 Å². The van der Waals surface area contributed by atoms with Gasteiger partial charge in [-0.15, -0.1) is 0 Å². The molecule has 0 heterocycles. The Bertz CT molecular complexity index is 273. The van der Waals surface area contributed by atoms with E-state index in [0.29, 0.717) is 0 Å². The molecular weight excluding hydrogens is 236 g/mol. The van der Waals surface area contributed by atoms with E-state index in [1.54, 1.807) is 6.08 Å². The fourth-order valence-corrected chi connectivity index (χ4v) is 1.41. The molecule has 0 aromatic carbocycles. The molecule has 0 aromatic heterocycles. The molecule has 2 heteroatoms. The molecule has 0 unspecified atom stereocenters. The smallest absolute Gasteiger partial charge is 0.157 e. The van der Waals surface area contributed by atoms with Gasteiger partial charge in [-0.3, -0.25) is 0 Å². The second kappa shape index (κ2) is 15.0. The minimum absolute atomic E-state index is 0.0740. The summed E-state index contributed by atoms with van der Waals surface area (Å²) < 4.78 is 11.5. The van der Waals surface area contributed by atoms with Crippen molar-refractivity contribution < 1.29 is 9.47 Å². The summed E-state index contributed by atoms with van der Waals surface area (Å²) in [7, 11) is 0. The largest absolute Gasteiger partial charge is 0.353 e. The van der Waals surface area contributed by atoms with Crippen molar-refractivity contribution in [1.82, 2.24) is 0 Å². The SMILES string of the molecule is C=CC#C/C=C\CCC(OCCCC)OCCCC. The van der Waals surface area contributed by atoms with Crippen molar-refractivity contribution in [3.05, 3.63) is 24.8 Å². The van der Waals surface area contributed by atoms with E-state index >= 15 is 0 Å². The monoisotopic (exact) mass is 264 g/mol. The molecule has 0 saturated heterocycles. The normalized spacial score (nSPS) is 10.7. The molecule has 0 amide bonds. The molecule has 0 atom stereocenters. The van der Waals surface area contributed by atoms with Crippen molar-refractivity contribution in [2.75, 3.05) is 13.2 Å². The lowest BCUT2D eigenvalue weighted by atomic mass is 10.2. The third-order valence-electron chi connectivity index (χ3n) is 2.56. The fourth-order valence-electron chi connectivity index (χ4n) is 1.41. The van der Waals surface area contributed by atoms with Gasteiger partial charge in [-0.1, -0.05) is 51.2 Å². The maximum atomic E-state index is 5.75. The summed E-state index contributed by atoms with van der Waals surface area (Å²) in [5, 5.41) is 0. The fraction of sp³-hybridized carbons (Fsp3) is 0.647. The highest BCUT2D eigenvalue weighted by Gasteiger charge is 2.07. The molecule has 0 spiro atoms. The first kappa shape index (κ1) is 18.0. The Hall–Kier alpha value is -1.04. The first-order chi connectivity index (χ1) is 9.35. The molecule has 108 valence electrons. The van der Waals surface area contributed by atoms with Gasteiger partial charge in [-0.2, -0.15) is 0 Å². The van der Waals surface area contributed by atoms with Crippen molar-refractivity contribution in [2.45, 2.75) is 58.7 Å². The van der Waals surface area contributed by atoms with Gasteiger partial charge in [-0.25, -0.2) is 0 Å². The number of hydrogen-bond donors (Lipinski definition) is 0. The van der Waals surface area contributed by atoms with Crippen molar-refractivity contribution in [3.8, 4) is 11.8 Å². The average Bonchev–Trinajstić information content (AvgIpc) is 2.42. The Morgan fingerprint density at radius 3 is 2.21 bits per heavy atom. The van der Waals surface area contributed by atoms with Gasteiger partial charge in [0.25, 0.3) is 0 Å². The minimum atomic E-state index is -0.0740. The number of rotatable bonds is 11. The molecule has 0 fully saturated rings. The lowest BCUT2D eigenvalue weighted by Gasteiger charge is -2.17. The molecule has 0 N–H and O–H groups in total. The van der Waals surface area contributed by atoms with Crippen molar-refractivity contribution in [2.24, 2.45) is 0 Å². The summed E-state index contributed by atoms with van der Waals surface area (Å²) in [6.07, 6.45) is 11.7. The Morgan fingerprint density at radius 2 is 1.68 bits per heavy atom. The van der Waals surface area contributed by atoms with Crippen LogP contribution in [0.2, 0.25) is 0 Å². The van der Waals surface area contributed by atoms with Crippen LogP contribution in [0, 0.1) is 11.8 Å². The lowest BCUT2D eigenvalue weighted by Crippen LogP contribution is -2.18. The number of unbranched alkanes of at least 4 members (excludes halogenated alkanes) is 2. The van der Waals surface area contributed by atoms with E-state index in [4.69, 9.17) is 9.47 Å². The van der Waals surface area contributed by atoms with Gasteiger partial charge < -0.3 is 9.47 Å². The van der Waals surface area contributed by atoms with E-state index in [9.17, 15) is 0 Å². The van der Waals surface area contributed by atoms with Crippen LogP contribution in [0.3, 0.4) is 0 Å². The van der Waals surface area contributed by atoms with Gasteiger partial charge >= 0.3 is 0 Å². The topological polar surface area (TPSA) is 18.5 Å². The lowest BCUT2D eigenvalue weighted by molar-refractivity contribution is -0.146. The Balaban J connectivity index is 3.88. The molecule has 0 aliphatic carbocycles. The van der Waals surface area contributed by atoms with Crippen LogP contribution in [0.1, 0.15) is 52.4 Å². The highest BCUT2D eigenvalue weighted by Crippen LogP contribution is 2.07. The minimum Gasteiger partial charge on any atom is -0.353 e.